The van der Waals surface area contributed by atoms with Gasteiger partial charge in [0, 0.05) is 6.20 Å². The van der Waals surface area contributed by atoms with Gasteiger partial charge >= 0.3 is 0 Å². The largest absolute Gasteiger partial charge is 0.452 e. The van der Waals surface area contributed by atoms with Crippen LogP contribution in [-0.4, -0.2) is 11.2 Å². The van der Waals surface area contributed by atoms with Crippen LogP contribution in [0.5, 0.6) is 5.75 Å². The summed E-state index contributed by atoms with van der Waals surface area (Å²) in [6.07, 6.45) is 5.33. The summed E-state index contributed by atoms with van der Waals surface area (Å²) in [5.41, 5.74) is 1.08. The van der Waals surface area contributed by atoms with Gasteiger partial charge in [-0.2, -0.15) is 0 Å². The monoisotopic (exact) mass is 222 g/mol. The molecule has 82 valence electrons. The van der Waals surface area contributed by atoms with Gasteiger partial charge in [-0.3, -0.25) is 0 Å². The van der Waals surface area contributed by atoms with Crippen LogP contribution >= 0.6 is 0 Å². The molecule has 0 saturated carbocycles. The zero-order valence-electron chi connectivity index (χ0n) is 9.08. The first kappa shape index (κ1) is 9.78. The number of rotatable bonds is 1. The highest BCUT2D eigenvalue weighted by Gasteiger charge is 2.10. The summed E-state index contributed by atoms with van der Waals surface area (Å²) in [6, 6.07) is 13.7. The number of benzene rings is 1. The van der Waals surface area contributed by atoms with E-state index in [1.54, 1.807) is 12.4 Å². The van der Waals surface area contributed by atoms with Crippen LogP contribution in [0.3, 0.4) is 0 Å². The lowest BCUT2D eigenvalue weighted by molar-refractivity contribution is 0.456. The molecule has 1 aromatic carbocycles. The van der Waals surface area contributed by atoms with Crippen LogP contribution in [0.4, 0.5) is 5.82 Å². The third-order valence-electron chi connectivity index (χ3n) is 2.40. The zero-order chi connectivity index (χ0) is 11.5. The van der Waals surface area contributed by atoms with Crippen molar-refractivity contribution in [1.82, 2.24) is 4.98 Å². The van der Waals surface area contributed by atoms with Crippen molar-refractivity contribution >= 4 is 18.1 Å². The number of allylic oxidation sites excluding steroid dienone is 1. The van der Waals surface area contributed by atoms with Gasteiger partial charge in [0.15, 0.2) is 11.6 Å². The molecule has 3 heteroatoms. The number of pyridine rings is 1. The molecule has 0 radical (unpaired) electrons. The molecule has 17 heavy (non-hydrogen) atoms. The number of aliphatic imine (C=N–C) groups is 1. The Morgan fingerprint density at radius 3 is 2.76 bits per heavy atom. The fourth-order valence-electron chi connectivity index (χ4n) is 1.62. The van der Waals surface area contributed by atoms with Crippen LogP contribution in [0.2, 0.25) is 0 Å². The van der Waals surface area contributed by atoms with Crippen LogP contribution in [-0.2, 0) is 0 Å². The fraction of sp³-hybridized carbons (Fsp3) is 0. The molecule has 0 bridgehead atoms. The van der Waals surface area contributed by atoms with Crippen LogP contribution in [0.25, 0.3) is 6.08 Å². The number of hydrogen-bond acceptors (Lipinski definition) is 3. The Balaban J connectivity index is 1.93. The lowest BCUT2D eigenvalue weighted by Crippen LogP contribution is -2.01. The number of hydrogen-bond donors (Lipinski definition) is 0. The van der Waals surface area contributed by atoms with E-state index in [0.717, 1.165) is 11.3 Å². The molecule has 2 aromatic rings. The minimum Gasteiger partial charge on any atom is -0.452 e. The van der Waals surface area contributed by atoms with E-state index in [1.165, 1.54) is 0 Å². The molecule has 2 heterocycles. The molecule has 1 aliphatic heterocycles. The Morgan fingerprint density at radius 1 is 1.00 bits per heavy atom. The van der Waals surface area contributed by atoms with Crippen LogP contribution in [0.15, 0.2) is 59.4 Å². The number of aromatic nitrogens is 1. The highest BCUT2D eigenvalue weighted by molar-refractivity contribution is 5.87. The van der Waals surface area contributed by atoms with Gasteiger partial charge in [0.25, 0.3) is 0 Å². The first-order valence-corrected chi connectivity index (χ1v) is 5.35. The van der Waals surface area contributed by atoms with E-state index < -0.39 is 0 Å². The third kappa shape index (κ3) is 2.08. The summed E-state index contributed by atoms with van der Waals surface area (Å²) in [5, 5.41) is 0. The lowest BCUT2D eigenvalue weighted by Gasteiger charge is -2.12. The molecule has 0 fully saturated rings. The molecule has 0 aliphatic carbocycles. The first-order valence-electron chi connectivity index (χ1n) is 5.35. The normalized spacial score (nSPS) is 15.4. The Labute approximate surface area is 99.1 Å². The summed E-state index contributed by atoms with van der Waals surface area (Å²) in [6.45, 7) is 0. The second kappa shape index (κ2) is 4.22. The van der Waals surface area contributed by atoms with E-state index in [-0.39, 0.29) is 0 Å². The topological polar surface area (TPSA) is 34.5 Å². The first-order chi connectivity index (χ1) is 8.42. The third-order valence-corrected chi connectivity index (χ3v) is 2.40. The van der Waals surface area contributed by atoms with E-state index in [4.69, 9.17) is 4.74 Å². The highest BCUT2D eigenvalue weighted by Crippen LogP contribution is 2.29. The molecule has 0 spiro atoms. The molecular formula is C14H10N2O. The molecule has 0 saturated heterocycles. The van der Waals surface area contributed by atoms with Gasteiger partial charge < -0.3 is 4.74 Å². The van der Waals surface area contributed by atoms with Gasteiger partial charge in [-0.15, -0.1) is 0 Å². The van der Waals surface area contributed by atoms with Crippen LogP contribution in [0.1, 0.15) is 5.56 Å². The number of nitrogens with zero attached hydrogens (tertiary/aromatic N) is 2. The zero-order valence-corrected chi connectivity index (χ0v) is 9.08. The van der Waals surface area contributed by atoms with Crippen LogP contribution in [0, 0.1) is 0 Å². The maximum Gasteiger partial charge on any atom is 0.195 e. The van der Waals surface area contributed by atoms with Gasteiger partial charge in [0.2, 0.25) is 0 Å². The van der Waals surface area contributed by atoms with E-state index in [1.807, 2.05) is 48.5 Å². The number of ether oxygens (including phenoxy) is 1. The van der Waals surface area contributed by atoms with Crippen molar-refractivity contribution in [3.05, 3.63) is 60.0 Å². The second-order valence-electron chi connectivity index (χ2n) is 3.64. The minimum absolute atomic E-state index is 0.623. The Morgan fingerprint density at radius 2 is 1.88 bits per heavy atom. The molecule has 3 rings (SSSR count). The molecule has 0 N–H and O–H groups in total. The average Bonchev–Trinajstić information content (AvgIpc) is 2.40. The highest BCUT2D eigenvalue weighted by atomic mass is 16.5. The maximum absolute atomic E-state index is 5.69. The van der Waals surface area contributed by atoms with Gasteiger partial charge in [-0.1, -0.05) is 30.3 Å². The molecule has 0 amide bonds. The van der Waals surface area contributed by atoms with Crippen LogP contribution < -0.4 is 4.74 Å². The second-order valence-corrected chi connectivity index (χ2v) is 3.64. The van der Waals surface area contributed by atoms with E-state index in [0.29, 0.717) is 11.6 Å². The van der Waals surface area contributed by atoms with E-state index in [9.17, 15) is 0 Å². The van der Waals surface area contributed by atoms with Crippen molar-refractivity contribution in [1.29, 1.82) is 0 Å². The van der Waals surface area contributed by atoms with E-state index >= 15 is 0 Å². The van der Waals surface area contributed by atoms with Crippen molar-refractivity contribution in [3.63, 3.8) is 0 Å². The van der Waals surface area contributed by atoms with Crippen molar-refractivity contribution in [2.24, 2.45) is 4.99 Å². The van der Waals surface area contributed by atoms with Crippen molar-refractivity contribution in [2.75, 3.05) is 0 Å². The van der Waals surface area contributed by atoms with Gasteiger partial charge in [-0.25, -0.2) is 9.98 Å². The summed E-state index contributed by atoms with van der Waals surface area (Å²) < 4.78 is 5.69. The SMILES string of the molecule is C1=Nc2ncccc2OC1=Cc1ccccc1. The summed E-state index contributed by atoms with van der Waals surface area (Å²) in [5.74, 6) is 2.03. The molecule has 0 unspecified atom stereocenters. The fourth-order valence-corrected chi connectivity index (χ4v) is 1.62. The molecule has 3 nitrogen and oxygen atoms in total. The minimum atomic E-state index is 0.623. The van der Waals surface area contributed by atoms with Gasteiger partial charge in [-0.05, 0) is 23.8 Å². The summed E-state index contributed by atoms with van der Waals surface area (Å²) in [7, 11) is 0. The Hall–Kier alpha value is -2.42. The van der Waals surface area contributed by atoms with Crippen molar-refractivity contribution < 1.29 is 4.74 Å². The van der Waals surface area contributed by atoms with Gasteiger partial charge in [0.05, 0.1) is 6.21 Å². The molecule has 0 atom stereocenters. The average molecular weight is 222 g/mol. The predicted octanol–water partition coefficient (Wildman–Crippen LogP) is 3.22. The number of fused-ring (bicyclic) bond motifs is 1. The van der Waals surface area contributed by atoms with Crippen molar-refractivity contribution in [3.8, 4) is 5.75 Å². The van der Waals surface area contributed by atoms with Gasteiger partial charge in [0.1, 0.15) is 5.76 Å². The molecule has 1 aliphatic rings. The quantitative estimate of drug-likeness (QED) is 0.742. The Kier molecular flexibility index (Phi) is 2.43. The summed E-state index contributed by atoms with van der Waals surface area (Å²) in [4.78, 5) is 8.35. The van der Waals surface area contributed by atoms with E-state index in [2.05, 4.69) is 9.98 Å². The predicted molar refractivity (Wildman–Crippen MR) is 67.4 cm³/mol. The van der Waals surface area contributed by atoms with Crippen molar-refractivity contribution in [2.45, 2.75) is 0 Å². The maximum atomic E-state index is 5.69. The molecule has 1 aromatic heterocycles. The summed E-state index contributed by atoms with van der Waals surface area (Å²) >= 11 is 0. The molecular weight excluding hydrogens is 212 g/mol. The Bertz CT molecular complexity index is 588. The smallest absolute Gasteiger partial charge is 0.195 e. The standard InChI is InChI=1S/C14H10N2O/c1-2-5-11(6-3-1)9-12-10-16-14-13(17-12)7-4-8-15-14/h1-10H. The lowest BCUT2D eigenvalue weighted by atomic mass is 10.2.